The van der Waals surface area contributed by atoms with Crippen molar-refractivity contribution in [2.45, 2.75) is 13.0 Å². The summed E-state index contributed by atoms with van der Waals surface area (Å²) in [5.74, 6) is 1.03. The van der Waals surface area contributed by atoms with Crippen LogP contribution in [-0.4, -0.2) is 26.0 Å². The first-order chi connectivity index (χ1) is 10.3. The Morgan fingerprint density at radius 3 is 2.48 bits per heavy atom. The Bertz CT molecular complexity index is 602. The predicted octanol–water partition coefficient (Wildman–Crippen LogP) is 3.06. The SMILES string of the molecule is CN(Cc1ccccc1)c1ccc(C2=NCCCN2)cc1. The average molecular weight is 279 g/mol. The molecule has 3 heteroatoms. The molecule has 0 aliphatic carbocycles. The van der Waals surface area contributed by atoms with Crippen LogP contribution in [0, 0.1) is 0 Å². The lowest BCUT2D eigenvalue weighted by molar-refractivity contribution is 0.742. The number of nitrogens with zero attached hydrogens (tertiary/aromatic N) is 2. The van der Waals surface area contributed by atoms with Gasteiger partial charge in [-0.15, -0.1) is 0 Å². The second-order valence-corrected chi connectivity index (χ2v) is 5.40. The van der Waals surface area contributed by atoms with Crippen LogP contribution in [0.1, 0.15) is 17.5 Å². The van der Waals surface area contributed by atoms with Crippen molar-refractivity contribution < 1.29 is 0 Å². The summed E-state index contributed by atoms with van der Waals surface area (Å²) in [6, 6.07) is 19.2. The van der Waals surface area contributed by atoms with Gasteiger partial charge in [0.1, 0.15) is 5.84 Å². The summed E-state index contributed by atoms with van der Waals surface area (Å²) in [6.45, 7) is 2.87. The van der Waals surface area contributed by atoms with Gasteiger partial charge in [0.2, 0.25) is 0 Å². The molecule has 0 radical (unpaired) electrons. The van der Waals surface area contributed by atoms with Gasteiger partial charge < -0.3 is 10.2 Å². The number of benzene rings is 2. The molecule has 21 heavy (non-hydrogen) atoms. The number of hydrogen-bond acceptors (Lipinski definition) is 3. The minimum absolute atomic E-state index is 0.916. The Kier molecular flexibility index (Phi) is 4.20. The highest BCUT2D eigenvalue weighted by atomic mass is 15.1. The summed E-state index contributed by atoms with van der Waals surface area (Å²) in [6.07, 6.45) is 1.13. The maximum absolute atomic E-state index is 4.53. The van der Waals surface area contributed by atoms with Crippen molar-refractivity contribution in [2.75, 3.05) is 25.0 Å². The molecule has 1 N–H and O–H groups in total. The number of rotatable bonds is 4. The number of hydrogen-bond donors (Lipinski definition) is 1. The van der Waals surface area contributed by atoms with E-state index in [4.69, 9.17) is 0 Å². The fourth-order valence-electron chi connectivity index (χ4n) is 2.55. The van der Waals surface area contributed by atoms with Gasteiger partial charge in [-0.3, -0.25) is 4.99 Å². The zero-order valence-electron chi connectivity index (χ0n) is 12.4. The van der Waals surface area contributed by atoms with E-state index in [1.165, 1.54) is 16.8 Å². The highest BCUT2D eigenvalue weighted by Crippen LogP contribution is 2.17. The molecule has 0 bridgehead atoms. The number of aliphatic imine (C=N–C) groups is 1. The van der Waals surface area contributed by atoms with Crippen molar-refractivity contribution in [1.29, 1.82) is 0 Å². The molecule has 0 aromatic heterocycles. The molecule has 0 fully saturated rings. The molecular weight excluding hydrogens is 258 g/mol. The molecule has 2 aromatic carbocycles. The van der Waals surface area contributed by atoms with Crippen molar-refractivity contribution >= 4 is 11.5 Å². The highest BCUT2D eigenvalue weighted by Gasteiger charge is 2.08. The van der Waals surface area contributed by atoms with Gasteiger partial charge in [-0.05, 0) is 36.2 Å². The van der Waals surface area contributed by atoms with E-state index in [0.717, 1.165) is 31.9 Å². The maximum atomic E-state index is 4.53. The third-order valence-corrected chi connectivity index (χ3v) is 3.74. The van der Waals surface area contributed by atoms with Gasteiger partial charge in [-0.1, -0.05) is 30.3 Å². The van der Waals surface area contributed by atoms with Gasteiger partial charge in [0.15, 0.2) is 0 Å². The molecule has 1 heterocycles. The van der Waals surface area contributed by atoms with E-state index in [0.29, 0.717) is 0 Å². The van der Waals surface area contributed by atoms with Crippen LogP contribution >= 0.6 is 0 Å². The zero-order chi connectivity index (χ0) is 14.5. The van der Waals surface area contributed by atoms with Gasteiger partial charge in [-0.25, -0.2) is 0 Å². The summed E-state index contributed by atoms with van der Waals surface area (Å²) in [4.78, 5) is 6.79. The third kappa shape index (κ3) is 3.43. The first kappa shape index (κ1) is 13.7. The summed E-state index contributed by atoms with van der Waals surface area (Å²) >= 11 is 0. The van der Waals surface area contributed by atoms with Crippen molar-refractivity contribution in [3.8, 4) is 0 Å². The lowest BCUT2D eigenvalue weighted by Gasteiger charge is -2.20. The highest BCUT2D eigenvalue weighted by molar-refractivity contribution is 5.99. The second-order valence-electron chi connectivity index (χ2n) is 5.40. The smallest absolute Gasteiger partial charge is 0.128 e. The normalized spacial score (nSPS) is 14.2. The van der Waals surface area contributed by atoms with Crippen molar-refractivity contribution in [1.82, 2.24) is 5.32 Å². The fraction of sp³-hybridized carbons (Fsp3) is 0.278. The first-order valence-electron chi connectivity index (χ1n) is 7.47. The van der Waals surface area contributed by atoms with Crippen molar-refractivity contribution in [2.24, 2.45) is 4.99 Å². The summed E-state index contributed by atoms with van der Waals surface area (Å²) in [5, 5.41) is 3.36. The monoisotopic (exact) mass is 279 g/mol. The molecule has 0 saturated carbocycles. The van der Waals surface area contributed by atoms with E-state index >= 15 is 0 Å². The summed E-state index contributed by atoms with van der Waals surface area (Å²) < 4.78 is 0. The summed E-state index contributed by atoms with van der Waals surface area (Å²) in [7, 11) is 2.12. The Labute approximate surface area is 126 Å². The average Bonchev–Trinajstić information content (AvgIpc) is 2.57. The van der Waals surface area contributed by atoms with Crippen LogP contribution in [0.3, 0.4) is 0 Å². The molecule has 2 aromatic rings. The van der Waals surface area contributed by atoms with E-state index in [9.17, 15) is 0 Å². The standard InChI is InChI=1S/C18H21N3/c1-21(14-15-6-3-2-4-7-15)17-10-8-16(9-11-17)18-19-12-5-13-20-18/h2-4,6-11H,5,12-14H2,1H3,(H,19,20). The van der Waals surface area contributed by atoms with Crippen molar-refractivity contribution in [3.63, 3.8) is 0 Å². The second kappa shape index (κ2) is 6.44. The Morgan fingerprint density at radius 1 is 1.05 bits per heavy atom. The molecule has 3 rings (SSSR count). The van der Waals surface area contributed by atoms with Crippen molar-refractivity contribution in [3.05, 3.63) is 65.7 Å². The van der Waals surface area contributed by atoms with Crippen LogP contribution in [0.2, 0.25) is 0 Å². The van der Waals surface area contributed by atoms with Crippen LogP contribution in [-0.2, 0) is 6.54 Å². The molecule has 0 spiro atoms. The van der Waals surface area contributed by atoms with E-state index in [1.54, 1.807) is 0 Å². The van der Waals surface area contributed by atoms with Gasteiger partial charge in [0.25, 0.3) is 0 Å². The molecule has 0 amide bonds. The van der Waals surface area contributed by atoms with E-state index < -0.39 is 0 Å². The van der Waals surface area contributed by atoms with E-state index in [1.807, 2.05) is 0 Å². The van der Waals surface area contributed by atoms with Gasteiger partial charge >= 0.3 is 0 Å². The number of anilines is 1. The fourth-order valence-corrected chi connectivity index (χ4v) is 2.55. The molecule has 0 saturated heterocycles. The van der Waals surface area contributed by atoms with Crippen LogP contribution in [0.5, 0.6) is 0 Å². The Hall–Kier alpha value is -2.29. The zero-order valence-corrected chi connectivity index (χ0v) is 12.4. The molecule has 108 valence electrons. The molecule has 3 nitrogen and oxygen atoms in total. The van der Waals surface area contributed by atoms with Crippen LogP contribution in [0.25, 0.3) is 0 Å². The topological polar surface area (TPSA) is 27.6 Å². The molecule has 0 unspecified atom stereocenters. The quantitative estimate of drug-likeness (QED) is 0.931. The Morgan fingerprint density at radius 2 is 1.81 bits per heavy atom. The van der Waals surface area contributed by atoms with Gasteiger partial charge in [0, 0.05) is 37.9 Å². The third-order valence-electron chi connectivity index (χ3n) is 3.74. The molecule has 1 aliphatic heterocycles. The molecule has 1 aliphatic rings. The van der Waals surface area contributed by atoms with Gasteiger partial charge in [0.05, 0.1) is 0 Å². The first-order valence-corrected chi connectivity index (χ1v) is 7.47. The van der Waals surface area contributed by atoms with E-state index in [-0.39, 0.29) is 0 Å². The van der Waals surface area contributed by atoms with E-state index in [2.05, 4.69) is 76.9 Å². The van der Waals surface area contributed by atoms with Crippen LogP contribution in [0.4, 0.5) is 5.69 Å². The minimum atomic E-state index is 0.916. The minimum Gasteiger partial charge on any atom is -0.370 e. The molecular formula is C18H21N3. The number of nitrogens with one attached hydrogen (secondary N) is 1. The number of amidine groups is 1. The van der Waals surface area contributed by atoms with Gasteiger partial charge in [-0.2, -0.15) is 0 Å². The van der Waals surface area contributed by atoms with Crippen LogP contribution in [0.15, 0.2) is 59.6 Å². The molecule has 0 atom stereocenters. The largest absolute Gasteiger partial charge is 0.370 e. The summed E-state index contributed by atoms with van der Waals surface area (Å²) in [5.41, 5.74) is 3.72. The Balaban J connectivity index is 1.70. The predicted molar refractivity (Wildman–Crippen MR) is 89.0 cm³/mol. The lowest BCUT2D eigenvalue weighted by atomic mass is 10.1. The van der Waals surface area contributed by atoms with Crippen LogP contribution < -0.4 is 10.2 Å². The maximum Gasteiger partial charge on any atom is 0.128 e. The lowest BCUT2D eigenvalue weighted by Crippen LogP contribution is -2.30.